The number of nitrogens with zero attached hydrogens (tertiary/aromatic N) is 2. The number of aliphatic imine (C=N–C) groups is 1. The summed E-state index contributed by atoms with van der Waals surface area (Å²) in [7, 11) is 0. The Hall–Kier alpha value is -2.89. The molecule has 0 atom stereocenters. The van der Waals surface area contributed by atoms with Crippen LogP contribution in [0.15, 0.2) is 41.5 Å². The average Bonchev–Trinajstić information content (AvgIpc) is 2.43. The van der Waals surface area contributed by atoms with Crippen molar-refractivity contribution in [3.63, 3.8) is 0 Å². The molecule has 0 unspecified atom stereocenters. The minimum atomic E-state index is -0.569. The summed E-state index contributed by atoms with van der Waals surface area (Å²) in [5.41, 5.74) is 15.0. The Labute approximate surface area is 122 Å². The van der Waals surface area contributed by atoms with Gasteiger partial charge >= 0.3 is 6.03 Å². The number of hydrogen-bond donors (Lipinski definition) is 3. The number of carbonyl (C=O) groups excluding carboxylic acids is 1. The molecule has 0 aliphatic heterocycles. The van der Waals surface area contributed by atoms with Gasteiger partial charge in [0.1, 0.15) is 5.69 Å². The number of benzene rings is 1. The van der Waals surface area contributed by atoms with Crippen molar-refractivity contribution in [1.82, 2.24) is 4.98 Å². The molecule has 0 saturated carbocycles. The molecule has 0 radical (unpaired) electrons. The molecule has 0 fully saturated rings. The molecule has 21 heavy (non-hydrogen) atoms. The Kier molecular flexibility index (Phi) is 4.18. The van der Waals surface area contributed by atoms with E-state index in [4.69, 9.17) is 11.5 Å². The predicted molar refractivity (Wildman–Crippen MR) is 84.3 cm³/mol. The molecule has 0 saturated heterocycles. The highest BCUT2D eigenvalue weighted by Crippen LogP contribution is 2.14. The van der Waals surface area contributed by atoms with E-state index in [1.165, 1.54) is 6.20 Å². The van der Waals surface area contributed by atoms with Gasteiger partial charge in [0.15, 0.2) is 5.84 Å². The van der Waals surface area contributed by atoms with E-state index in [2.05, 4.69) is 15.3 Å². The van der Waals surface area contributed by atoms with Crippen LogP contribution in [0.1, 0.15) is 16.8 Å². The summed E-state index contributed by atoms with van der Waals surface area (Å²) < 4.78 is 0. The fourth-order valence-corrected chi connectivity index (χ4v) is 1.76. The maximum Gasteiger partial charge on any atom is 0.347 e. The van der Waals surface area contributed by atoms with E-state index in [-0.39, 0.29) is 5.84 Å². The summed E-state index contributed by atoms with van der Waals surface area (Å²) in [6, 6.07) is 8.36. The maximum atomic E-state index is 11.9. The van der Waals surface area contributed by atoms with Gasteiger partial charge in [-0.3, -0.25) is 4.98 Å². The first-order valence-electron chi connectivity index (χ1n) is 6.40. The van der Waals surface area contributed by atoms with Crippen LogP contribution in [0.2, 0.25) is 0 Å². The van der Waals surface area contributed by atoms with Crippen molar-refractivity contribution in [2.24, 2.45) is 10.7 Å². The Morgan fingerprint density at radius 3 is 2.67 bits per heavy atom. The average molecular weight is 283 g/mol. The molecular weight excluding hydrogens is 266 g/mol. The van der Waals surface area contributed by atoms with E-state index in [1.54, 1.807) is 18.2 Å². The van der Waals surface area contributed by atoms with Crippen LogP contribution in [0.25, 0.3) is 0 Å². The van der Waals surface area contributed by atoms with Crippen molar-refractivity contribution < 1.29 is 4.79 Å². The van der Waals surface area contributed by atoms with Crippen LogP contribution in [0.3, 0.4) is 0 Å². The molecule has 2 aromatic rings. The van der Waals surface area contributed by atoms with Crippen LogP contribution in [0.4, 0.5) is 16.2 Å². The lowest BCUT2D eigenvalue weighted by atomic mass is 10.1. The summed E-state index contributed by atoms with van der Waals surface area (Å²) in [6.45, 7) is 3.97. The number of rotatable bonds is 2. The molecule has 0 aliphatic carbocycles. The fourth-order valence-electron chi connectivity index (χ4n) is 1.76. The van der Waals surface area contributed by atoms with Crippen molar-refractivity contribution >= 4 is 23.2 Å². The van der Waals surface area contributed by atoms with Crippen molar-refractivity contribution in [3.05, 3.63) is 53.3 Å². The summed E-state index contributed by atoms with van der Waals surface area (Å²) >= 11 is 0. The van der Waals surface area contributed by atoms with Gasteiger partial charge in [-0.25, -0.2) is 4.79 Å². The SMILES string of the molecule is Cc1ccc(NC(=O)/N=C(\N)c2ncccc2N)cc1C. The van der Waals surface area contributed by atoms with Crippen LogP contribution >= 0.6 is 0 Å². The van der Waals surface area contributed by atoms with Gasteiger partial charge in [0.05, 0.1) is 5.69 Å². The van der Waals surface area contributed by atoms with Gasteiger partial charge < -0.3 is 16.8 Å². The molecular formula is C15H17N5O. The smallest absolute Gasteiger partial charge is 0.347 e. The van der Waals surface area contributed by atoms with Crippen LogP contribution in [0, 0.1) is 13.8 Å². The third-order valence-electron chi connectivity index (χ3n) is 3.06. The number of amidine groups is 1. The third-order valence-corrected chi connectivity index (χ3v) is 3.06. The fraction of sp³-hybridized carbons (Fsp3) is 0.133. The largest absolute Gasteiger partial charge is 0.397 e. The van der Waals surface area contributed by atoms with Gasteiger partial charge in [-0.05, 0) is 49.2 Å². The van der Waals surface area contributed by atoms with Gasteiger partial charge in [-0.1, -0.05) is 6.07 Å². The highest BCUT2D eigenvalue weighted by molar-refractivity contribution is 6.08. The van der Waals surface area contributed by atoms with Crippen molar-refractivity contribution in [3.8, 4) is 0 Å². The van der Waals surface area contributed by atoms with E-state index in [1.807, 2.05) is 26.0 Å². The Balaban J connectivity index is 2.15. The maximum absolute atomic E-state index is 11.9. The molecule has 0 aliphatic rings. The number of amides is 2. The van der Waals surface area contributed by atoms with Gasteiger partial charge in [0.25, 0.3) is 0 Å². The van der Waals surface area contributed by atoms with Gasteiger partial charge in [0, 0.05) is 11.9 Å². The van der Waals surface area contributed by atoms with E-state index in [9.17, 15) is 4.79 Å². The lowest BCUT2D eigenvalue weighted by Crippen LogP contribution is -2.21. The number of nitrogen functional groups attached to an aromatic ring is 1. The molecule has 1 heterocycles. The number of aromatic nitrogens is 1. The highest BCUT2D eigenvalue weighted by atomic mass is 16.2. The number of nitrogens with two attached hydrogens (primary N) is 2. The topological polar surface area (TPSA) is 106 Å². The minimum absolute atomic E-state index is 0.0190. The Morgan fingerprint density at radius 1 is 1.24 bits per heavy atom. The summed E-state index contributed by atoms with van der Waals surface area (Å²) in [4.78, 5) is 19.6. The van der Waals surface area contributed by atoms with E-state index in [0.29, 0.717) is 17.1 Å². The molecule has 6 nitrogen and oxygen atoms in total. The lowest BCUT2D eigenvalue weighted by molar-refractivity contribution is 0.259. The monoisotopic (exact) mass is 283 g/mol. The van der Waals surface area contributed by atoms with Crippen molar-refractivity contribution in [1.29, 1.82) is 0 Å². The minimum Gasteiger partial charge on any atom is -0.397 e. The van der Waals surface area contributed by atoms with Gasteiger partial charge in [0.2, 0.25) is 0 Å². The summed E-state index contributed by atoms with van der Waals surface area (Å²) in [5.74, 6) is -0.0190. The molecule has 108 valence electrons. The number of carbonyl (C=O) groups is 1. The van der Waals surface area contributed by atoms with E-state index < -0.39 is 6.03 Å². The first-order valence-corrected chi connectivity index (χ1v) is 6.40. The Morgan fingerprint density at radius 2 is 2.00 bits per heavy atom. The van der Waals surface area contributed by atoms with Crippen LogP contribution < -0.4 is 16.8 Å². The molecule has 5 N–H and O–H groups in total. The van der Waals surface area contributed by atoms with E-state index in [0.717, 1.165) is 11.1 Å². The standard InChI is InChI=1S/C15H17N5O/c1-9-5-6-11(8-10(9)2)19-15(21)20-14(17)13-12(16)4-3-7-18-13/h3-8H,16H2,1-2H3,(H3,17,19,20,21). The highest BCUT2D eigenvalue weighted by Gasteiger charge is 2.08. The number of nitrogens with one attached hydrogen (secondary N) is 1. The number of anilines is 2. The number of aryl methyl sites for hydroxylation is 2. The molecule has 0 spiro atoms. The van der Waals surface area contributed by atoms with Crippen LogP contribution in [-0.4, -0.2) is 16.9 Å². The zero-order chi connectivity index (χ0) is 15.4. The second kappa shape index (κ2) is 6.04. The third kappa shape index (κ3) is 3.56. The second-order valence-corrected chi connectivity index (χ2v) is 4.67. The van der Waals surface area contributed by atoms with Gasteiger partial charge in [-0.15, -0.1) is 0 Å². The first kappa shape index (κ1) is 14.5. The predicted octanol–water partition coefficient (Wildman–Crippen LogP) is 2.22. The number of pyridine rings is 1. The molecule has 1 aromatic carbocycles. The molecule has 1 aromatic heterocycles. The van der Waals surface area contributed by atoms with Gasteiger partial charge in [-0.2, -0.15) is 4.99 Å². The zero-order valence-corrected chi connectivity index (χ0v) is 11.9. The Bertz CT molecular complexity index is 709. The second-order valence-electron chi connectivity index (χ2n) is 4.67. The number of hydrogen-bond acceptors (Lipinski definition) is 3. The summed E-state index contributed by atoms with van der Waals surface area (Å²) in [5, 5.41) is 2.66. The lowest BCUT2D eigenvalue weighted by Gasteiger charge is -2.06. The van der Waals surface area contributed by atoms with E-state index >= 15 is 0 Å². The summed E-state index contributed by atoms with van der Waals surface area (Å²) in [6.07, 6.45) is 1.54. The molecule has 2 amide bonds. The quantitative estimate of drug-likeness (QED) is 0.580. The normalized spacial score (nSPS) is 11.2. The molecule has 6 heteroatoms. The molecule has 2 rings (SSSR count). The van der Waals surface area contributed by atoms with Crippen molar-refractivity contribution in [2.45, 2.75) is 13.8 Å². The number of urea groups is 1. The zero-order valence-electron chi connectivity index (χ0n) is 11.9. The molecule has 0 bridgehead atoms. The van der Waals surface area contributed by atoms with Crippen molar-refractivity contribution in [2.75, 3.05) is 11.1 Å². The van der Waals surface area contributed by atoms with Crippen LogP contribution in [0.5, 0.6) is 0 Å². The van der Waals surface area contributed by atoms with Crippen LogP contribution in [-0.2, 0) is 0 Å². The first-order chi connectivity index (χ1) is 9.97.